The van der Waals surface area contributed by atoms with Crippen molar-refractivity contribution in [1.82, 2.24) is 4.90 Å². The first kappa shape index (κ1) is 16.5. The van der Waals surface area contributed by atoms with Gasteiger partial charge in [-0.2, -0.15) is 0 Å². The Morgan fingerprint density at radius 1 is 1.36 bits per heavy atom. The summed E-state index contributed by atoms with van der Waals surface area (Å²) in [4.78, 5) is 24.9. The summed E-state index contributed by atoms with van der Waals surface area (Å²) in [6.07, 6.45) is 0.859. The lowest BCUT2D eigenvalue weighted by atomic mass is 9.95. The van der Waals surface area contributed by atoms with Gasteiger partial charge < -0.3 is 14.7 Å². The van der Waals surface area contributed by atoms with Gasteiger partial charge in [0.1, 0.15) is 0 Å². The molecule has 1 amide bonds. The number of ether oxygens (including phenoxy) is 1. The standard InChI is InChI=1S/C17H23NO4/c1-12(2)18(9-7-17(20)21)16(19)11-15-14-6-4-3-5-13(14)8-10-22-15/h3-6,12,15H,7-11H2,1-2H3,(H,20,21). The summed E-state index contributed by atoms with van der Waals surface area (Å²) in [7, 11) is 0. The molecule has 0 saturated carbocycles. The van der Waals surface area contributed by atoms with Gasteiger partial charge in [-0.15, -0.1) is 0 Å². The van der Waals surface area contributed by atoms with Crippen molar-refractivity contribution in [2.24, 2.45) is 0 Å². The average molecular weight is 305 g/mol. The second kappa shape index (κ2) is 7.40. The number of benzene rings is 1. The third-order valence-corrected chi connectivity index (χ3v) is 3.96. The van der Waals surface area contributed by atoms with Gasteiger partial charge in [0.05, 0.1) is 25.6 Å². The van der Waals surface area contributed by atoms with Gasteiger partial charge in [0.2, 0.25) is 5.91 Å². The second-order valence-electron chi connectivity index (χ2n) is 5.84. The molecule has 1 aliphatic rings. The molecule has 2 rings (SSSR count). The third kappa shape index (κ3) is 4.07. The fourth-order valence-corrected chi connectivity index (χ4v) is 2.81. The monoisotopic (exact) mass is 305 g/mol. The Balaban J connectivity index is 2.05. The molecular weight excluding hydrogens is 282 g/mol. The fraction of sp³-hybridized carbons (Fsp3) is 0.529. The summed E-state index contributed by atoms with van der Waals surface area (Å²) in [5.74, 6) is -0.948. The van der Waals surface area contributed by atoms with E-state index in [9.17, 15) is 9.59 Å². The Labute approximate surface area is 130 Å². The number of carbonyl (C=O) groups is 2. The Kier molecular flexibility index (Phi) is 5.55. The highest BCUT2D eigenvalue weighted by Gasteiger charge is 2.26. The zero-order chi connectivity index (χ0) is 16.1. The number of hydrogen-bond donors (Lipinski definition) is 1. The number of aliphatic carboxylic acids is 1. The molecular formula is C17H23NO4. The quantitative estimate of drug-likeness (QED) is 0.876. The number of amides is 1. The number of hydrogen-bond acceptors (Lipinski definition) is 3. The van der Waals surface area contributed by atoms with Crippen molar-refractivity contribution in [3.63, 3.8) is 0 Å². The molecule has 120 valence electrons. The van der Waals surface area contributed by atoms with Crippen LogP contribution in [0.1, 0.15) is 43.9 Å². The molecule has 0 saturated heterocycles. The van der Waals surface area contributed by atoms with E-state index in [1.54, 1.807) is 4.90 Å². The van der Waals surface area contributed by atoms with Crippen molar-refractivity contribution in [3.05, 3.63) is 35.4 Å². The highest BCUT2D eigenvalue weighted by Crippen LogP contribution is 2.30. The van der Waals surface area contributed by atoms with Crippen LogP contribution in [0.2, 0.25) is 0 Å². The Bertz CT molecular complexity index is 541. The van der Waals surface area contributed by atoms with Crippen LogP contribution in [0.3, 0.4) is 0 Å². The molecule has 0 spiro atoms. The van der Waals surface area contributed by atoms with E-state index >= 15 is 0 Å². The Morgan fingerprint density at radius 2 is 2.09 bits per heavy atom. The van der Waals surface area contributed by atoms with E-state index in [1.807, 2.05) is 32.0 Å². The first-order valence-corrected chi connectivity index (χ1v) is 7.69. The predicted molar refractivity (Wildman–Crippen MR) is 82.6 cm³/mol. The van der Waals surface area contributed by atoms with Gasteiger partial charge in [-0.3, -0.25) is 9.59 Å². The van der Waals surface area contributed by atoms with Gasteiger partial charge in [0.25, 0.3) is 0 Å². The fourth-order valence-electron chi connectivity index (χ4n) is 2.81. The van der Waals surface area contributed by atoms with Gasteiger partial charge in [-0.1, -0.05) is 24.3 Å². The van der Waals surface area contributed by atoms with Gasteiger partial charge in [0.15, 0.2) is 0 Å². The molecule has 0 radical (unpaired) electrons. The molecule has 1 atom stereocenters. The molecule has 5 nitrogen and oxygen atoms in total. The summed E-state index contributed by atoms with van der Waals surface area (Å²) < 4.78 is 5.77. The number of nitrogens with zero attached hydrogens (tertiary/aromatic N) is 1. The van der Waals surface area contributed by atoms with Crippen LogP contribution in [0.15, 0.2) is 24.3 Å². The summed E-state index contributed by atoms with van der Waals surface area (Å²) in [6.45, 7) is 4.65. The summed E-state index contributed by atoms with van der Waals surface area (Å²) in [5.41, 5.74) is 2.30. The van der Waals surface area contributed by atoms with Gasteiger partial charge in [-0.25, -0.2) is 0 Å². The van der Waals surface area contributed by atoms with Crippen molar-refractivity contribution in [2.45, 2.75) is 45.3 Å². The molecule has 1 N–H and O–H groups in total. The maximum Gasteiger partial charge on any atom is 0.305 e. The third-order valence-electron chi connectivity index (χ3n) is 3.96. The van der Waals surface area contributed by atoms with E-state index in [4.69, 9.17) is 9.84 Å². The van der Waals surface area contributed by atoms with Gasteiger partial charge >= 0.3 is 5.97 Å². The average Bonchev–Trinajstić information content (AvgIpc) is 2.47. The number of rotatable bonds is 6. The lowest BCUT2D eigenvalue weighted by Crippen LogP contribution is -2.39. The van der Waals surface area contributed by atoms with E-state index in [0.29, 0.717) is 6.61 Å². The van der Waals surface area contributed by atoms with Crippen LogP contribution in [-0.2, 0) is 20.7 Å². The zero-order valence-corrected chi connectivity index (χ0v) is 13.1. The molecule has 22 heavy (non-hydrogen) atoms. The van der Waals surface area contributed by atoms with E-state index in [0.717, 1.165) is 12.0 Å². The molecule has 1 aromatic carbocycles. The van der Waals surface area contributed by atoms with Crippen LogP contribution in [-0.4, -0.2) is 41.1 Å². The predicted octanol–water partition coefficient (Wildman–Crippen LogP) is 2.40. The lowest BCUT2D eigenvalue weighted by Gasteiger charge is -2.30. The largest absolute Gasteiger partial charge is 0.481 e. The minimum absolute atomic E-state index is 0.0225. The van der Waals surface area contributed by atoms with Crippen LogP contribution in [0.25, 0.3) is 0 Å². The van der Waals surface area contributed by atoms with Crippen molar-refractivity contribution < 1.29 is 19.4 Å². The van der Waals surface area contributed by atoms with Crippen molar-refractivity contribution in [3.8, 4) is 0 Å². The first-order chi connectivity index (χ1) is 10.5. The van der Waals surface area contributed by atoms with Crippen LogP contribution in [0.4, 0.5) is 0 Å². The number of carboxylic acid groups (broad SMARTS) is 1. The summed E-state index contributed by atoms with van der Waals surface area (Å²) in [5, 5.41) is 8.81. The van der Waals surface area contributed by atoms with Crippen LogP contribution in [0.5, 0.6) is 0 Å². The topological polar surface area (TPSA) is 66.8 Å². The van der Waals surface area contributed by atoms with E-state index in [-0.39, 0.29) is 37.4 Å². The van der Waals surface area contributed by atoms with Gasteiger partial charge in [0, 0.05) is 12.6 Å². The van der Waals surface area contributed by atoms with Crippen LogP contribution in [0, 0.1) is 0 Å². The van der Waals surface area contributed by atoms with Crippen LogP contribution >= 0.6 is 0 Å². The smallest absolute Gasteiger partial charge is 0.305 e. The SMILES string of the molecule is CC(C)N(CCC(=O)O)C(=O)CC1OCCc2ccccc21. The normalized spacial score (nSPS) is 17.1. The highest BCUT2D eigenvalue weighted by molar-refractivity contribution is 5.78. The number of fused-ring (bicyclic) bond motifs is 1. The molecule has 1 aliphatic heterocycles. The molecule has 1 unspecified atom stereocenters. The zero-order valence-electron chi connectivity index (χ0n) is 13.1. The van der Waals surface area contributed by atoms with Crippen molar-refractivity contribution in [1.29, 1.82) is 0 Å². The molecule has 1 aromatic rings. The van der Waals surface area contributed by atoms with E-state index < -0.39 is 5.97 Å². The minimum atomic E-state index is -0.891. The Morgan fingerprint density at radius 3 is 2.77 bits per heavy atom. The van der Waals surface area contributed by atoms with E-state index in [2.05, 4.69) is 6.07 Å². The highest BCUT2D eigenvalue weighted by atomic mass is 16.5. The van der Waals surface area contributed by atoms with Crippen molar-refractivity contribution in [2.75, 3.05) is 13.2 Å². The van der Waals surface area contributed by atoms with E-state index in [1.165, 1.54) is 5.56 Å². The summed E-state index contributed by atoms with van der Waals surface area (Å²) >= 11 is 0. The first-order valence-electron chi connectivity index (χ1n) is 7.69. The number of carbonyl (C=O) groups excluding carboxylic acids is 1. The second-order valence-corrected chi connectivity index (χ2v) is 5.84. The molecule has 0 bridgehead atoms. The summed E-state index contributed by atoms with van der Waals surface area (Å²) in [6, 6.07) is 8.00. The maximum atomic E-state index is 12.5. The molecule has 0 aliphatic carbocycles. The lowest BCUT2D eigenvalue weighted by molar-refractivity contribution is -0.140. The maximum absolute atomic E-state index is 12.5. The Hall–Kier alpha value is -1.88. The minimum Gasteiger partial charge on any atom is -0.481 e. The molecule has 0 fully saturated rings. The molecule has 1 heterocycles. The van der Waals surface area contributed by atoms with Crippen LogP contribution < -0.4 is 0 Å². The van der Waals surface area contributed by atoms with Gasteiger partial charge in [-0.05, 0) is 31.4 Å². The molecule has 5 heteroatoms. The number of carboxylic acids is 1. The van der Waals surface area contributed by atoms with Crippen molar-refractivity contribution >= 4 is 11.9 Å². The molecule has 0 aromatic heterocycles.